The van der Waals surface area contributed by atoms with Crippen LogP contribution >= 0.6 is 0 Å². The van der Waals surface area contributed by atoms with Crippen LogP contribution in [0, 0.1) is 0 Å². The van der Waals surface area contributed by atoms with Gasteiger partial charge in [-0.3, -0.25) is 0 Å². The van der Waals surface area contributed by atoms with Crippen molar-refractivity contribution in [1.82, 2.24) is 0 Å². The van der Waals surface area contributed by atoms with Crippen molar-refractivity contribution in [2.24, 2.45) is 0 Å². The third-order valence-electron chi connectivity index (χ3n) is 2.53. The molecule has 13 heavy (non-hydrogen) atoms. The Bertz CT molecular complexity index is 209. The first-order chi connectivity index (χ1) is 5.90. The highest BCUT2D eigenvalue weighted by Gasteiger charge is 2.58. The number of halogens is 2. The smallest absolute Gasteiger partial charge is 0.377 e. The molecule has 3 nitrogen and oxygen atoms in total. The zero-order valence-corrected chi connectivity index (χ0v) is 7.09. The minimum absolute atomic E-state index is 0.133. The molecule has 0 spiro atoms. The Morgan fingerprint density at radius 3 is 2.08 bits per heavy atom. The number of hydrogen-bond acceptors (Lipinski definition) is 2. The predicted molar refractivity (Wildman–Crippen MR) is 40.6 cm³/mol. The van der Waals surface area contributed by atoms with E-state index in [-0.39, 0.29) is 12.8 Å². The van der Waals surface area contributed by atoms with E-state index in [4.69, 9.17) is 5.11 Å². The van der Waals surface area contributed by atoms with E-state index in [1.54, 1.807) is 0 Å². The van der Waals surface area contributed by atoms with Crippen LogP contribution in [-0.2, 0) is 4.79 Å². The first-order valence-corrected chi connectivity index (χ1v) is 4.24. The maximum Gasteiger partial charge on any atom is 0.377 e. The summed E-state index contributed by atoms with van der Waals surface area (Å²) in [6.07, 6.45) is 1.43. The van der Waals surface area contributed by atoms with Crippen molar-refractivity contribution in [3.8, 4) is 0 Å². The molecule has 0 radical (unpaired) electrons. The van der Waals surface area contributed by atoms with Crippen LogP contribution in [0.5, 0.6) is 0 Å². The molecule has 0 aromatic rings. The van der Waals surface area contributed by atoms with Gasteiger partial charge in [-0.05, 0) is 12.8 Å². The Morgan fingerprint density at radius 1 is 1.23 bits per heavy atom. The van der Waals surface area contributed by atoms with Crippen molar-refractivity contribution >= 4 is 5.97 Å². The van der Waals surface area contributed by atoms with Crippen molar-refractivity contribution in [3.63, 3.8) is 0 Å². The van der Waals surface area contributed by atoms with Crippen LogP contribution < -0.4 is 0 Å². The van der Waals surface area contributed by atoms with E-state index in [0.717, 1.165) is 6.42 Å². The van der Waals surface area contributed by atoms with Gasteiger partial charge in [-0.15, -0.1) is 0 Å². The van der Waals surface area contributed by atoms with Crippen LogP contribution in [0.25, 0.3) is 0 Å². The van der Waals surface area contributed by atoms with E-state index >= 15 is 0 Å². The highest BCUT2D eigenvalue weighted by atomic mass is 19.3. The van der Waals surface area contributed by atoms with Crippen molar-refractivity contribution in [2.75, 3.05) is 0 Å². The number of rotatable bonds is 2. The Hall–Kier alpha value is -0.710. The molecule has 76 valence electrons. The molecule has 0 bridgehead atoms. The fourth-order valence-electron chi connectivity index (χ4n) is 1.65. The van der Waals surface area contributed by atoms with Gasteiger partial charge < -0.3 is 10.2 Å². The lowest BCUT2D eigenvalue weighted by atomic mass is 9.80. The number of alkyl halides is 2. The molecule has 1 fully saturated rings. The van der Waals surface area contributed by atoms with E-state index < -0.39 is 17.5 Å². The molecule has 0 amide bonds. The summed E-state index contributed by atoms with van der Waals surface area (Å²) in [6.45, 7) is 0. The maximum atomic E-state index is 13.0. The van der Waals surface area contributed by atoms with Crippen molar-refractivity contribution < 1.29 is 23.8 Å². The summed E-state index contributed by atoms with van der Waals surface area (Å²) in [5.74, 6) is -6.26. The largest absolute Gasteiger partial charge is 0.477 e. The van der Waals surface area contributed by atoms with Gasteiger partial charge in [0.2, 0.25) is 0 Å². The number of carboxylic acid groups (broad SMARTS) is 1. The Balaban J connectivity index is 2.82. The lowest BCUT2D eigenvalue weighted by Gasteiger charge is -2.36. The molecule has 0 unspecified atom stereocenters. The van der Waals surface area contributed by atoms with Crippen molar-refractivity contribution in [3.05, 3.63) is 0 Å². The molecule has 5 heteroatoms. The zero-order valence-electron chi connectivity index (χ0n) is 7.09. The molecular weight excluding hydrogens is 182 g/mol. The minimum atomic E-state index is -4.02. The van der Waals surface area contributed by atoms with Gasteiger partial charge in [0.25, 0.3) is 0 Å². The van der Waals surface area contributed by atoms with Crippen LogP contribution in [-0.4, -0.2) is 27.7 Å². The Morgan fingerprint density at radius 2 is 1.69 bits per heavy atom. The summed E-state index contributed by atoms with van der Waals surface area (Å²) in [6, 6.07) is 0. The van der Waals surface area contributed by atoms with Gasteiger partial charge >= 0.3 is 11.9 Å². The Kier molecular flexibility index (Phi) is 2.56. The molecule has 0 aliphatic heterocycles. The second kappa shape index (κ2) is 3.21. The zero-order chi connectivity index (χ0) is 10.1. The van der Waals surface area contributed by atoms with Crippen molar-refractivity contribution in [1.29, 1.82) is 0 Å². The summed E-state index contributed by atoms with van der Waals surface area (Å²) in [7, 11) is 0. The first-order valence-electron chi connectivity index (χ1n) is 4.24. The summed E-state index contributed by atoms with van der Waals surface area (Å²) < 4.78 is 25.9. The summed E-state index contributed by atoms with van der Waals surface area (Å²) in [5.41, 5.74) is -2.34. The van der Waals surface area contributed by atoms with Crippen LogP contribution in [0.3, 0.4) is 0 Å². The van der Waals surface area contributed by atoms with Crippen LogP contribution in [0.4, 0.5) is 8.78 Å². The number of carbonyl (C=O) groups is 1. The number of aliphatic hydroxyl groups is 1. The van der Waals surface area contributed by atoms with Gasteiger partial charge in [-0.25, -0.2) is 4.79 Å². The molecule has 1 aliphatic rings. The topological polar surface area (TPSA) is 57.5 Å². The molecule has 0 saturated heterocycles. The third kappa shape index (κ3) is 1.65. The SMILES string of the molecule is O=C(O)C(F)(F)C1(O)CCCCC1. The highest BCUT2D eigenvalue weighted by molar-refractivity contribution is 5.77. The molecule has 0 aromatic carbocycles. The predicted octanol–water partition coefficient (Wildman–Crippen LogP) is 1.40. The van der Waals surface area contributed by atoms with Gasteiger partial charge in [-0.2, -0.15) is 8.78 Å². The fraction of sp³-hybridized carbons (Fsp3) is 0.875. The van der Waals surface area contributed by atoms with E-state index in [9.17, 15) is 18.7 Å². The van der Waals surface area contributed by atoms with Crippen molar-refractivity contribution in [2.45, 2.75) is 43.6 Å². The first kappa shape index (κ1) is 10.4. The number of carboxylic acids is 1. The summed E-state index contributed by atoms with van der Waals surface area (Å²) in [5, 5.41) is 17.7. The van der Waals surface area contributed by atoms with E-state index in [2.05, 4.69) is 0 Å². The van der Waals surface area contributed by atoms with E-state index in [1.807, 2.05) is 0 Å². The summed E-state index contributed by atoms with van der Waals surface area (Å²) in [4.78, 5) is 10.2. The molecular formula is C8H12F2O3. The minimum Gasteiger partial charge on any atom is -0.477 e. The van der Waals surface area contributed by atoms with Gasteiger partial charge in [-0.1, -0.05) is 19.3 Å². The van der Waals surface area contributed by atoms with Gasteiger partial charge in [0.1, 0.15) is 5.60 Å². The van der Waals surface area contributed by atoms with Gasteiger partial charge in [0.05, 0.1) is 0 Å². The monoisotopic (exact) mass is 194 g/mol. The summed E-state index contributed by atoms with van der Waals surface area (Å²) >= 11 is 0. The number of hydrogen-bond donors (Lipinski definition) is 2. The van der Waals surface area contributed by atoms with E-state index in [1.165, 1.54) is 0 Å². The van der Waals surface area contributed by atoms with Crippen LogP contribution in [0.15, 0.2) is 0 Å². The van der Waals surface area contributed by atoms with Crippen LogP contribution in [0.1, 0.15) is 32.1 Å². The molecule has 1 aliphatic carbocycles. The third-order valence-corrected chi connectivity index (χ3v) is 2.53. The molecule has 0 aromatic heterocycles. The second-order valence-electron chi connectivity index (χ2n) is 3.47. The average molecular weight is 194 g/mol. The fourth-order valence-corrected chi connectivity index (χ4v) is 1.65. The lowest BCUT2D eigenvalue weighted by Crippen LogP contribution is -2.54. The maximum absolute atomic E-state index is 13.0. The van der Waals surface area contributed by atoms with E-state index in [0.29, 0.717) is 12.8 Å². The lowest BCUT2D eigenvalue weighted by molar-refractivity contribution is -0.215. The molecule has 1 saturated carbocycles. The molecule has 0 atom stereocenters. The normalized spacial score (nSPS) is 22.7. The Labute approximate surface area is 74.4 Å². The standard InChI is InChI=1S/C8H12F2O3/c9-8(10,6(11)12)7(13)4-2-1-3-5-7/h13H,1-5H2,(H,11,12). The molecule has 0 heterocycles. The van der Waals surface area contributed by atoms with Gasteiger partial charge in [0.15, 0.2) is 0 Å². The van der Waals surface area contributed by atoms with Crippen LogP contribution in [0.2, 0.25) is 0 Å². The average Bonchev–Trinajstić information content (AvgIpc) is 2.05. The quantitative estimate of drug-likeness (QED) is 0.698. The second-order valence-corrected chi connectivity index (χ2v) is 3.47. The molecule has 1 rings (SSSR count). The van der Waals surface area contributed by atoms with Gasteiger partial charge in [0, 0.05) is 0 Å². The number of aliphatic carboxylic acids is 1. The molecule has 2 N–H and O–H groups in total. The highest BCUT2D eigenvalue weighted by Crippen LogP contribution is 2.40.